The standard InChI is InChI=1S/C19H24N2O2/c1-13(22)17(20-19(23)18-8-5-11-21(18)2)12-15-10-9-14-6-3-4-7-16(14)15/h3-4,6-7,10,17-18H,5,8-9,11-12H2,1-2H3,(H,20,23)/t17-,18-/m0/s1. The Morgan fingerprint density at radius 3 is 2.83 bits per heavy atom. The van der Waals surface area contributed by atoms with E-state index in [4.69, 9.17) is 0 Å². The van der Waals surface area contributed by atoms with Gasteiger partial charge in [0.05, 0.1) is 12.1 Å². The molecule has 0 unspecified atom stereocenters. The molecule has 3 rings (SSSR count). The zero-order valence-electron chi connectivity index (χ0n) is 13.8. The topological polar surface area (TPSA) is 49.4 Å². The Kier molecular flexibility index (Phi) is 4.62. The molecule has 122 valence electrons. The fourth-order valence-electron chi connectivity index (χ4n) is 3.57. The van der Waals surface area contributed by atoms with E-state index < -0.39 is 6.04 Å². The Labute approximate surface area is 137 Å². The van der Waals surface area contributed by atoms with Crippen LogP contribution in [0.5, 0.6) is 0 Å². The van der Waals surface area contributed by atoms with Crippen molar-refractivity contribution in [2.45, 2.75) is 44.7 Å². The Morgan fingerprint density at radius 2 is 2.13 bits per heavy atom. The van der Waals surface area contributed by atoms with Gasteiger partial charge >= 0.3 is 0 Å². The Balaban J connectivity index is 1.69. The number of carbonyl (C=O) groups is 2. The number of amides is 1. The number of ketones is 1. The summed E-state index contributed by atoms with van der Waals surface area (Å²) in [7, 11) is 1.97. The quantitative estimate of drug-likeness (QED) is 0.906. The monoisotopic (exact) mass is 312 g/mol. The Hall–Kier alpha value is -1.94. The molecule has 0 radical (unpaired) electrons. The number of carbonyl (C=O) groups excluding carboxylic acids is 2. The first-order valence-electron chi connectivity index (χ1n) is 8.34. The SMILES string of the molecule is CC(=O)[C@H](CC1=CCc2ccccc21)NC(=O)[C@@H]1CCCN1C. The molecule has 23 heavy (non-hydrogen) atoms. The zero-order chi connectivity index (χ0) is 16.4. The van der Waals surface area contributed by atoms with Gasteiger partial charge in [0, 0.05) is 6.42 Å². The van der Waals surface area contributed by atoms with Crippen molar-refractivity contribution < 1.29 is 9.59 Å². The van der Waals surface area contributed by atoms with Gasteiger partial charge in [0.25, 0.3) is 0 Å². The summed E-state index contributed by atoms with van der Waals surface area (Å²) in [4.78, 5) is 26.6. The third-order valence-electron chi connectivity index (χ3n) is 4.99. The molecular formula is C19H24N2O2. The lowest BCUT2D eigenvalue weighted by molar-refractivity contribution is -0.129. The van der Waals surface area contributed by atoms with E-state index in [-0.39, 0.29) is 17.7 Å². The molecule has 1 aromatic rings. The van der Waals surface area contributed by atoms with Gasteiger partial charge in [0.2, 0.25) is 5.91 Å². The number of benzene rings is 1. The van der Waals surface area contributed by atoms with Crippen LogP contribution in [0.15, 0.2) is 30.3 Å². The summed E-state index contributed by atoms with van der Waals surface area (Å²) in [6, 6.07) is 7.74. The molecule has 1 heterocycles. The van der Waals surface area contributed by atoms with Crippen molar-refractivity contribution in [2.75, 3.05) is 13.6 Å². The van der Waals surface area contributed by atoms with Gasteiger partial charge in [-0.2, -0.15) is 0 Å². The maximum Gasteiger partial charge on any atom is 0.237 e. The van der Waals surface area contributed by atoms with Crippen LogP contribution in [0.4, 0.5) is 0 Å². The summed E-state index contributed by atoms with van der Waals surface area (Å²) in [6.07, 6.45) is 5.58. The fourth-order valence-corrected chi connectivity index (χ4v) is 3.57. The molecule has 2 atom stereocenters. The number of Topliss-reactive ketones (excluding diaryl/α,β-unsaturated/α-hetero) is 1. The van der Waals surface area contributed by atoms with Crippen molar-refractivity contribution >= 4 is 17.3 Å². The van der Waals surface area contributed by atoms with E-state index in [1.54, 1.807) is 6.92 Å². The van der Waals surface area contributed by atoms with E-state index >= 15 is 0 Å². The number of likely N-dealkylation sites (N-methyl/N-ethyl adjacent to an activating group) is 1. The van der Waals surface area contributed by atoms with Gasteiger partial charge in [-0.05, 0) is 56.5 Å². The number of fused-ring (bicyclic) bond motifs is 1. The minimum absolute atomic E-state index is 0.0166. The number of nitrogens with one attached hydrogen (secondary N) is 1. The lowest BCUT2D eigenvalue weighted by Crippen LogP contribution is -2.48. The van der Waals surface area contributed by atoms with Crippen LogP contribution in [0.1, 0.15) is 37.3 Å². The maximum absolute atomic E-state index is 12.5. The van der Waals surface area contributed by atoms with Crippen LogP contribution in [0.2, 0.25) is 0 Å². The molecule has 1 fully saturated rings. The van der Waals surface area contributed by atoms with E-state index in [2.05, 4.69) is 28.4 Å². The lowest BCUT2D eigenvalue weighted by Gasteiger charge is -2.23. The van der Waals surface area contributed by atoms with Gasteiger partial charge < -0.3 is 5.32 Å². The highest BCUT2D eigenvalue weighted by Gasteiger charge is 2.30. The molecule has 0 saturated carbocycles. The zero-order valence-corrected chi connectivity index (χ0v) is 13.8. The molecular weight excluding hydrogens is 288 g/mol. The number of hydrogen-bond acceptors (Lipinski definition) is 3. The highest BCUT2D eigenvalue weighted by Crippen LogP contribution is 2.30. The molecule has 0 aromatic heterocycles. The predicted octanol–water partition coefficient (Wildman–Crippen LogP) is 2.18. The van der Waals surface area contributed by atoms with Gasteiger partial charge in [-0.1, -0.05) is 30.3 Å². The third kappa shape index (κ3) is 3.37. The predicted molar refractivity (Wildman–Crippen MR) is 91.0 cm³/mol. The van der Waals surface area contributed by atoms with Crippen molar-refractivity contribution in [1.82, 2.24) is 10.2 Å². The minimum atomic E-state index is -0.436. The number of rotatable bonds is 5. The Bertz CT molecular complexity index is 651. The molecule has 0 spiro atoms. The fraction of sp³-hybridized carbons (Fsp3) is 0.474. The smallest absolute Gasteiger partial charge is 0.237 e. The lowest BCUT2D eigenvalue weighted by atomic mass is 9.97. The molecule has 1 saturated heterocycles. The van der Waals surface area contributed by atoms with Gasteiger partial charge in [-0.15, -0.1) is 0 Å². The van der Waals surface area contributed by atoms with E-state index in [9.17, 15) is 9.59 Å². The van der Waals surface area contributed by atoms with Gasteiger partial charge in [-0.3, -0.25) is 14.5 Å². The Morgan fingerprint density at radius 1 is 1.35 bits per heavy atom. The second-order valence-electron chi connectivity index (χ2n) is 6.61. The molecule has 0 bridgehead atoms. The number of likely N-dealkylation sites (tertiary alicyclic amines) is 1. The van der Waals surface area contributed by atoms with Gasteiger partial charge in [-0.25, -0.2) is 0 Å². The number of nitrogens with zero attached hydrogens (tertiary/aromatic N) is 1. The summed E-state index contributed by atoms with van der Waals surface area (Å²) in [5.74, 6) is 0.00126. The van der Waals surface area contributed by atoms with Crippen LogP contribution >= 0.6 is 0 Å². The maximum atomic E-state index is 12.5. The van der Waals surface area contributed by atoms with E-state index in [0.717, 1.165) is 25.8 Å². The van der Waals surface area contributed by atoms with Crippen molar-refractivity contribution in [3.05, 3.63) is 41.5 Å². The number of hydrogen-bond donors (Lipinski definition) is 1. The van der Waals surface area contributed by atoms with Gasteiger partial charge in [0.15, 0.2) is 5.78 Å². The molecule has 1 aliphatic heterocycles. The average Bonchev–Trinajstić information content (AvgIpc) is 3.13. The second-order valence-corrected chi connectivity index (χ2v) is 6.61. The summed E-state index contributed by atoms with van der Waals surface area (Å²) < 4.78 is 0. The molecule has 1 amide bonds. The van der Waals surface area contributed by atoms with E-state index in [1.165, 1.54) is 16.7 Å². The average molecular weight is 312 g/mol. The summed E-state index contributed by atoms with van der Waals surface area (Å²) in [5, 5.41) is 2.98. The van der Waals surface area contributed by atoms with Crippen molar-refractivity contribution in [3.63, 3.8) is 0 Å². The minimum Gasteiger partial charge on any atom is -0.345 e. The molecule has 2 aliphatic rings. The molecule has 4 nitrogen and oxygen atoms in total. The first kappa shape index (κ1) is 15.9. The van der Waals surface area contributed by atoms with Gasteiger partial charge in [0.1, 0.15) is 0 Å². The summed E-state index contributed by atoms with van der Waals surface area (Å²) in [6.45, 7) is 2.51. The summed E-state index contributed by atoms with van der Waals surface area (Å²) in [5.41, 5.74) is 3.68. The van der Waals surface area contributed by atoms with Crippen molar-refractivity contribution in [2.24, 2.45) is 0 Å². The highest BCUT2D eigenvalue weighted by atomic mass is 16.2. The van der Waals surface area contributed by atoms with Crippen LogP contribution in [0.25, 0.3) is 5.57 Å². The largest absolute Gasteiger partial charge is 0.345 e. The molecule has 1 aliphatic carbocycles. The molecule has 4 heteroatoms. The van der Waals surface area contributed by atoms with Crippen LogP contribution in [-0.4, -0.2) is 42.3 Å². The number of allylic oxidation sites excluding steroid dienone is 1. The molecule has 1 aromatic carbocycles. The van der Waals surface area contributed by atoms with Crippen LogP contribution in [-0.2, 0) is 16.0 Å². The first-order chi connectivity index (χ1) is 11.1. The van der Waals surface area contributed by atoms with E-state index in [0.29, 0.717) is 6.42 Å². The van der Waals surface area contributed by atoms with Crippen molar-refractivity contribution in [1.29, 1.82) is 0 Å². The van der Waals surface area contributed by atoms with Crippen LogP contribution in [0, 0.1) is 0 Å². The third-order valence-corrected chi connectivity index (χ3v) is 4.99. The second kappa shape index (κ2) is 6.67. The molecule has 1 N–H and O–H groups in total. The first-order valence-corrected chi connectivity index (χ1v) is 8.34. The normalized spacial score (nSPS) is 21.7. The van der Waals surface area contributed by atoms with E-state index in [1.807, 2.05) is 19.2 Å². The summed E-state index contributed by atoms with van der Waals surface area (Å²) >= 11 is 0. The van der Waals surface area contributed by atoms with Crippen LogP contribution < -0.4 is 5.32 Å². The van der Waals surface area contributed by atoms with Crippen LogP contribution in [0.3, 0.4) is 0 Å². The van der Waals surface area contributed by atoms with Crippen molar-refractivity contribution in [3.8, 4) is 0 Å². The highest BCUT2D eigenvalue weighted by molar-refractivity contribution is 5.91.